The highest BCUT2D eigenvalue weighted by Crippen LogP contribution is 2.25. The van der Waals surface area contributed by atoms with Gasteiger partial charge in [0, 0.05) is 41.6 Å². The molecule has 3 aromatic rings. The number of amides is 1. The molecule has 1 aliphatic rings. The Morgan fingerprint density at radius 3 is 2.50 bits per heavy atom. The predicted octanol–water partition coefficient (Wildman–Crippen LogP) is 5.07. The van der Waals surface area contributed by atoms with Crippen LogP contribution in [0.3, 0.4) is 0 Å². The van der Waals surface area contributed by atoms with Crippen molar-refractivity contribution in [1.82, 2.24) is 4.98 Å². The molecule has 4 rings (SSSR count). The molecule has 0 bridgehead atoms. The Morgan fingerprint density at radius 2 is 1.82 bits per heavy atom. The standard InChI is InChI=1S/C23H22BrN3O/c1-2-27(22-12-9-20(24)15-25-22)23(28)18-7-10-21(11-8-18)26-14-13-17-5-3-4-6-19(17)16-26/h3-12,15H,2,13-14,16H2,1H3. The summed E-state index contributed by atoms with van der Waals surface area (Å²) in [5, 5.41) is 0. The van der Waals surface area contributed by atoms with Crippen molar-refractivity contribution in [1.29, 1.82) is 0 Å². The topological polar surface area (TPSA) is 36.4 Å². The molecule has 2 heterocycles. The molecule has 0 fully saturated rings. The highest BCUT2D eigenvalue weighted by Gasteiger charge is 2.19. The molecule has 142 valence electrons. The van der Waals surface area contributed by atoms with Crippen LogP contribution >= 0.6 is 15.9 Å². The predicted molar refractivity (Wildman–Crippen MR) is 117 cm³/mol. The van der Waals surface area contributed by atoms with Gasteiger partial charge in [-0.15, -0.1) is 0 Å². The molecule has 0 aliphatic carbocycles. The normalized spacial score (nSPS) is 13.1. The first-order valence-corrected chi connectivity index (χ1v) is 10.3. The smallest absolute Gasteiger partial charge is 0.259 e. The largest absolute Gasteiger partial charge is 0.367 e. The Kier molecular flexibility index (Phi) is 5.44. The van der Waals surface area contributed by atoms with Gasteiger partial charge in [-0.1, -0.05) is 24.3 Å². The van der Waals surface area contributed by atoms with Gasteiger partial charge in [0.2, 0.25) is 0 Å². The van der Waals surface area contributed by atoms with Crippen LogP contribution in [0.25, 0.3) is 0 Å². The van der Waals surface area contributed by atoms with E-state index in [0.29, 0.717) is 17.9 Å². The molecular weight excluding hydrogens is 414 g/mol. The van der Waals surface area contributed by atoms with E-state index in [4.69, 9.17) is 0 Å². The summed E-state index contributed by atoms with van der Waals surface area (Å²) >= 11 is 3.38. The maximum absolute atomic E-state index is 13.0. The summed E-state index contributed by atoms with van der Waals surface area (Å²) in [7, 11) is 0. The van der Waals surface area contributed by atoms with E-state index in [-0.39, 0.29) is 5.91 Å². The summed E-state index contributed by atoms with van der Waals surface area (Å²) in [6.45, 7) is 4.43. The highest BCUT2D eigenvalue weighted by atomic mass is 79.9. The molecule has 1 aliphatic heterocycles. The van der Waals surface area contributed by atoms with E-state index in [1.165, 1.54) is 11.1 Å². The van der Waals surface area contributed by atoms with E-state index in [1.807, 2.05) is 43.3 Å². The summed E-state index contributed by atoms with van der Waals surface area (Å²) < 4.78 is 0.896. The first-order chi connectivity index (χ1) is 13.7. The van der Waals surface area contributed by atoms with Gasteiger partial charge in [0.15, 0.2) is 0 Å². The minimum Gasteiger partial charge on any atom is -0.367 e. The van der Waals surface area contributed by atoms with Gasteiger partial charge < -0.3 is 4.90 Å². The second-order valence-corrected chi connectivity index (χ2v) is 7.79. The van der Waals surface area contributed by atoms with Crippen LogP contribution in [-0.2, 0) is 13.0 Å². The van der Waals surface area contributed by atoms with Gasteiger partial charge >= 0.3 is 0 Å². The molecule has 28 heavy (non-hydrogen) atoms. The fraction of sp³-hybridized carbons (Fsp3) is 0.217. The number of fused-ring (bicyclic) bond motifs is 1. The monoisotopic (exact) mass is 435 g/mol. The molecule has 0 saturated carbocycles. The first kappa shape index (κ1) is 18.7. The van der Waals surface area contributed by atoms with Gasteiger partial charge in [0.05, 0.1) is 0 Å². The molecule has 1 amide bonds. The molecule has 0 spiro atoms. The summed E-state index contributed by atoms with van der Waals surface area (Å²) in [6.07, 6.45) is 2.76. The molecule has 0 saturated heterocycles. The quantitative estimate of drug-likeness (QED) is 0.573. The lowest BCUT2D eigenvalue weighted by atomic mass is 9.99. The number of carbonyl (C=O) groups is 1. The minimum atomic E-state index is -0.0344. The molecular formula is C23H22BrN3O. The zero-order valence-corrected chi connectivity index (χ0v) is 17.4. The number of rotatable bonds is 4. The summed E-state index contributed by atoms with van der Waals surface area (Å²) in [5.41, 5.74) is 4.64. The Hall–Kier alpha value is -2.66. The Bertz CT molecular complexity index is 970. The molecule has 0 N–H and O–H groups in total. The molecule has 5 heteroatoms. The van der Waals surface area contributed by atoms with Crippen molar-refractivity contribution in [3.05, 3.63) is 88.0 Å². The van der Waals surface area contributed by atoms with Crippen LogP contribution in [0.2, 0.25) is 0 Å². The molecule has 0 unspecified atom stereocenters. The van der Waals surface area contributed by atoms with E-state index >= 15 is 0 Å². The van der Waals surface area contributed by atoms with Crippen molar-refractivity contribution in [3.8, 4) is 0 Å². The average molecular weight is 436 g/mol. The van der Waals surface area contributed by atoms with Crippen LogP contribution in [0.1, 0.15) is 28.4 Å². The van der Waals surface area contributed by atoms with Crippen molar-refractivity contribution in [2.45, 2.75) is 19.9 Å². The average Bonchev–Trinajstić information content (AvgIpc) is 2.75. The molecule has 0 atom stereocenters. The van der Waals surface area contributed by atoms with Crippen LogP contribution in [0.15, 0.2) is 71.3 Å². The maximum atomic E-state index is 13.0. The van der Waals surface area contributed by atoms with E-state index in [0.717, 1.165) is 29.7 Å². The third kappa shape index (κ3) is 3.80. The van der Waals surface area contributed by atoms with Gasteiger partial charge in [-0.25, -0.2) is 4.98 Å². The van der Waals surface area contributed by atoms with Gasteiger partial charge in [0.1, 0.15) is 5.82 Å². The number of anilines is 2. The number of hydrogen-bond acceptors (Lipinski definition) is 3. The van der Waals surface area contributed by atoms with Crippen LogP contribution in [0.5, 0.6) is 0 Å². The lowest BCUT2D eigenvalue weighted by Crippen LogP contribution is -2.32. The number of hydrogen-bond donors (Lipinski definition) is 0. The molecule has 2 aromatic carbocycles. The molecule has 4 nitrogen and oxygen atoms in total. The fourth-order valence-electron chi connectivity index (χ4n) is 3.62. The maximum Gasteiger partial charge on any atom is 0.259 e. The summed E-state index contributed by atoms with van der Waals surface area (Å²) in [4.78, 5) is 21.4. The Morgan fingerprint density at radius 1 is 1.07 bits per heavy atom. The van der Waals surface area contributed by atoms with Crippen molar-refractivity contribution < 1.29 is 4.79 Å². The van der Waals surface area contributed by atoms with Gasteiger partial charge in [-0.3, -0.25) is 9.69 Å². The van der Waals surface area contributed by atoms with Crippen LogP contribution < -0.4 is 9.80 Å². The number of carbonyl (C=O) groups excluding carboxylic acids is 1. The van der Waals surface area contributed by atoms with E-state index in [1.54, 1.807) is 11.1 Å². The lowest BCUT2D eigenvalue weighted by molar-refractivity contribution is 0.0987. The third-order valence-electron chi connectivity index (χ3n) is 5.16. The SMILES string of the molecule is CCN(C(=O)c1ccc(N2CCc3ccccc3C2)cc1)c1ccc(Br)cn1. The van der Waals surface area contributed by atoms with Crippen LogP contribution in [0, 0.1) is 0 Å². The fourth-order valence-corrected chi connectivity index (χ4v) is 3.86. The van der Waals surface area contributed by atoms with E-state index in [9.17, 15) is 4.79 Å². The number of halogens is 1. The number of aromatic nitrogens is 1. The van der Waals surface area contributed by atoms with Gasteiger partial charge in [-0.05, 0) is 76.8 Å². The zero-order valence-electron chi connectivity index (χ0n) is 15.8. The third-order valence-corrected chi connectivity index (χ3v) is 5.63. The number of nitrogens with zero attached hydrogens (tertiary/aromatic N) is 3. The number of pyridine rings is 1. The van der Waals surface area contributed by atoms with Crippen LogP contribution in [0.4, 0.5) is 11.5 Å². The van der Waals surface area contributed by atoms with Crippen molar-refractivity contribution in [2.24, 2.45) is 0 Å². The minimum absolute atomic E-state index is 0.0344. The van der Waals surface area contributed by atoms with Gasteiger partial charge in [0.25, 0.3) is 5.91 Å². The second kappa shape index (κ2) is 8.15. The van der Waals surface area contributed by atoms with E-state index < -0.39 is 0 Å². The van der Waals surface area contributed by atoms with Gasteiger partial charge in [-0.2, -0.15) is 0 Å². The Labute approximate surface area is 173 Å². The Balaban J connectivity index is 1.51. The second-order valence-electron chi connectivity index (χ2n) is 6.87. The number of benzene rings is 2. The highest BCUT2D eigenvalue weighted by molar-refractivity contribution is 9.10. The molecule has 1 aromatic heterocycles. The zero-order chi connectivity index (χ0) is 19.5. The summed E-state index contributed by atoms with van der Waals surface area (Å²) in [6, 6.07) is 20.3. The van der Waals surface area contributed by atoms with Crippen molar-refractivity contribution in [2.75, 3.05) is 22.9 Å². The van der Waals surface area contributed by atoms with Crippen molar-refractivity contribution >= 4 is 33.3 Å². The van der Waals surface area contributed by atoms with E-state index in [2.05, 4.69) is 50.1 Å². The first-order valence-electron chi connectivity index (χ1n) is 9.51. The summed E-state index contributed by atoms with van der Waals surface area (Å²) in [5.74, 6) is 0.625. The lowest BCUT2D eigenvalue weighted by Gasteiger charge is -2.31. The molecule has 0 radical (unpaired) electrons. The van der Waals surface area contributed by atoms with Crippen molar-refractivity contribution in [3.63, 3.8) is 0 Å². The van der Waals surface area contributed by atoms with Crippen LogP contribution in [-0.4, -0.2) is 24.0 Å².